The first kappa shape index (κ1) is 25.9. The molecule has 1 saturated heterocycles. The minimum atomic E-state index is -0.620. The molecule has 11 nitrogen and oxygen atoms in total. The van der Waals surface area contributed by atoms with Gasteiger partial charge in [-0.2, -0.15) is 10.2 Å². The van der Waals surface area contributed by atoms with Gasteiger partial charge in [0.2, 0.25) is 5.43 Å². The SMILES string of the molecule is Cn1cc(-n2ccc(=O)c(Cc3cccc(NC(=O)OC[C@@H]4CCCN4C(=O)OC(C)(C)C)c3)n2)cn1. The molecule has 37 heavy (non-hydrogen) atoms. The maximum absolute atomic E-state index is 12.5. The van der Waals surface area contributed by atoms with Crippen molar-refractivity contribution in [1.82, 2.24) is 24.5 Å². The van der Waals surface area contributed by atoms with Crippen LogP contribution in [-0.4, -0.2) is 61.4 Å². The first-order valence-electron chi connectivity index (χ1n) is 12.2. The summed E-state index contributed by atoms with van der Waals surface area (Å²) < 4.78 is 14.1. The minimum absolute atomic E-state index is 0.0760. The van der Waals surface area contributed by atoms with Crippen LogP contribution in [0.1, 0.15) is 44.9 Å². The maximum atomic E-state index is 12.5. The van der Waals surface area contributed by atoms with Crippen LogP contribution < -0.4 is 10.7 Å². The summed E-state index contributed by atoms with van der Waals surface area (Å²) in [4.78, 5) is 38.9. The predicted molar refractivity (Wildman–Crippen MR) is 137 cm³/mol. The van der Waals surface area contributed by atoms with Crippen molar-refractivity contribution in [2.45, 2.75) is 51.7 Å². The molecule has 1 N–H and O–H groups in total. The molecule has 1 aliphatic heterocycles. The van der Waals surface area contributed by atoms with Crippen LogP contribution in [0.4, 0.5) is 15.3 Å². The molecule has 1 fully saturated rings. The summed E-state index contributed by atoms with van der Waals surface area (Å²) in [5.74, 6) is 0. The molecule has 0 unspecified atom stereocenters. The van der Waals surface area contributed by atoms with Crippen LogP contribution in [-0.2, 0) is 22.9 Å². The van der Waals surface area contributed by atoms with Gasteiger partial charge < -0.3 is 14.4 Å². The largest absolute Gasteiger partial charge is 0.447 e. The van der Waals surface area contributed by atoms with Gasteiger partial charge in [0.05, 0.1) is 18.4 Å². The second-order valence-electron chi connectivity index (χ2n) is 10.0. The van der Waals surface area contributed by atoms with Crippen molar-refractivity contribution in [1.29, 1.82) is 0 Å². The number of nitrogens with one attached hydrogen (secondary N) is 1. The molecule has 2 amide bonds. The molecule has 1 atom stereocenters. The van der Waals surface area contributed by atoms with Gasteiger partial charge in [-0.25, -0.2) is 14.3 Å². The monoisotopic (exact) mass is 508 g/mol. The summed E-state index contributed by atoms with van der Waals surface area (Å²) in [5.41, 5.74) is 1.68. The Kier molecular flexibility index (Phi) is 7.61. The molecular formula is C26H32N6O5. The zero-order valence-electron chi connectivity index (χ0n) is 21.5. The lowest BCUT2D eigenvalue weighted by molar-refractivity contribution is 0.0165. The summed E-state index contributed by atoms with van der Waals surface area (Å²) in [5, 5.41) is 11.3. The fourth-order valence-corrected chi connectivity index (χ4v) is 4.09. The number of anilines is 1. The normalized spacial score (nSPS) is 15.5. The number of likely N-dealkylation sites (tertiary alicyclic amines) is 1. The highest BCUT2D eigenvalue weighted by Gasteiger charge is 2.33. The van der Waals surface area contributed by atoms with Gasteiger partial charge in [0.1, 0.15) is 23.6 Å². The number of aryl methyl sites for hydroxylation is 1. The number of ether oxygens (including phenoxy) is 2. The van der Waals surface area contributed by atoms with E-state index in [4.69, 9.17) is 9.47 Å². The molecule has 1 aromatic carbocycles. The van der Waals surface area contributed by atoms with Crippen molar-refractivity contribution in [2.24, 2.45) is 7.05 Å². The lowest BCUT2D eigenvalue weighted by atomic mass is 10.1. The Bertz CT molecular complexity index is 1330. The second kappa shape index (κ2) is 10.9. The average molecular weight is 509 g/mol. The highest BCUT2D eigenvalue weighted by Crippen LogP contribution is 2.21. The Labute approximate surface area is 215 Å². The quantitative estimate of drug-likeness (QED) is 0.541. The molecule has 0 bridgehead atoms. The number of carbonyl (C=O) groups is 2. The van der Waals surface area contributed by atoms with Gasteiger partial charge in [-0.05, 0) is 51.3 Å². The van der Waals surface area contributed by atoms with E-state index in [2.05, 4.69) is 15.5 Å². The van der Waals surface area contributed by atoms with Gasteiger partial charge in [-0.1, -0.05) is 12.1 Å². The number of carbonyl (C=O) groups excluding carboxylic acids is 2. The van der Waals surface area contributed by atoms with Crippen LogP contribution in [0.3, 0.4) is 0 Å². The summed E-state index contributed by atoms with van der Waals surface area (Å²) >= 11 is 0. The van der Waals surface area contributed by atoms with Crippen LogP contribution in [0, 0.1) is 0 Å². The molecule has 0 radical (unpaired) electrons. The molecule has 3 heterocycles. The Morgan fingerprint density at radius 1 is 1.22 bits per heavy atom. The van der Waals surface area contributed by atoms with Crippen molar-refractivity contribution >= 4 is 17.9 Å². The van der Waals surface area contributed by atoms with E-state index in [1.807, 2.05) is 26.8 Å². The highest BCUT2D eigenvalue weighted by molar-refractivity contribution is 5.84. The van der Waals surface area contributed by atoms with Gasteiger partial charge in [0.15, 0.2) is 0 Å². The first-order valence-corrected chi connectivity index (χ1v) is 12.2. The Hall–Kier alpha value is -4.15. The van der Waals surface area contributed by atoms with E-state index in [1.165, 1.54) is 6.07 Å². The number of benzene rings is 1. The van der Waals surface area contributed by atoms with Crippen molar-refractivity contribution in [3.8, 4) is 5.69 Å². The van der Waals surface area contributed by atoms with Crippen molar-refractivity contribution in [3.63, 3.8) is 0 Å². The Morgan fingerprint density at radius 3 is 2.76 bits per heavy atom. The molecule has 11 heteroatoms. The second-order valence-corrected chi connectivity index (χ2v) is 10.0. The summed E-state index contributed by atoms with van der Waals surface area (Å²) in [6.07, 6.45) is 5.90. The number of hydrogen-bond donors (Lipinski definition) is 1. The lowest BCUT2D eigenvalue weighted by Gasteiger charge is -2.28. The van der Waals surface area contributed by atoms with Gasteiger partial charge >= 0.3 is 12.2 Å². The van der Waals surface area contributed by atoms with Gasteiger partial charge in [0.25, 0.3) is 0 Å². The van der Waals surface area contributed by atoms with Gasteiger partial charge in [-0.15, -0.1) is 0 Å². The fraction of sp³-hybridized carbons (Fsp3) is 0.423. The standard InChI is InChI=1S/C26H32N6O5/c1-26(2,3)37-25(35)31-11-6-9-20(31)17-36-24(34)28-19-8-5-7-18(13-19)14-22-23(33)10-12-32(29-22)21-15-27-30(4)16-21/h5,7-8,10,12-13,15-16,20H,6,9,11,14,17H2,1-4H3,(H,28,34)/t20-/m0/s1. The molecule has 0 spiro atoms. The summed E-state index contributed by atoms with van der Waals surface area (Å²) in [6, 6.07) is 8.40. The number of nitrogens with zero attached hydrogens (tertiary/aromatic N) is 5. The van der Waals surface area contributed by atoms with Crippen molar-refractivity contribution in [2.75, 3.05) is 18.5 Å². The van der Waals surface area contributed by atoms with Gasteiger partial charge in [0, 0.05) is 38.0 Å². The van der Waals surface area contributed by atoms with E-state index >= 15 is 0 Å². The molecule has 0 saturated carbocycles. The van der Waals surface area contributed by atoms with Crippen LogP contribution in [0.25, 0.3) is 5.69 Å². The number of aromatic nitrogens is 4. The van der Waals surface area contributed by atoms with E-state index in [9.17, 15) is 14.4 Å². The third kappa shape index (κ3) is 6.96. The highest BCUT2D eigenvalue weighted by atomic mass is 16.6. The molecule has 0 aliphatic carbocycles. The Balaban J connectivity index is 1.35. The predicted octanol–water partition coefficient (Wildman–Crippen LogP) is 3.50. The van der Waals surface area contributed by atoms with Crippen LogP contribution >= 0.6 is 0 Å². The Morgan fingerprint density at radius 2 is 2.03 bits per heavy atom. The van der Waals surface area contributed by atoms with E-state index in [-0.39, 0.29) is 24.5 Å². The fourth-order valence-electron chi connectivity index (χ4n) is 4.09. The van der Waals surface area contributed by atoms with E-state index in [0.29, 0.717) is 17.9 Å². The average Bonchev–Trinajstić information content (AvgIpc) is 3.47. The van der Waals surface area contributed by atoms with Crippen LogP contribution in [0.15, 0.2) is 53.7 Å². The summed E-state index contributed by atoms with van der Waals surface area (Å²) in [6.45, 7) is 6.10. The molecule has 196 valence electrons. The maximum Gasteiger partial charge on any atom is 0.411 e. The van der Waals surface area contributed by atoms with Crippen LogP contribution in [0.2, 0.25) is 0 Å². The zero-order chi connectivity index (χ0) is 26.6. The molecule has 3 aromatic rings. The number of amides is 2. The number of rotatable bonds is 6. The summed E-state index contributed by atoms with van der Waals surface area (Å²) in [7, 11) is 1.81. The van der Waals surface area contributed by atoms with Crippen molar-refractivity contribution < 1.29 is 19.1 Å². The topological polar surface area (TPSA) is 121 Å². The molecule has 1 aliphatic rings. The van der Waals surface area contributed by atoms with E-state index < -0.39 is 17.8 Å². The minimum Gasteiger partial charge on any atom is -0.447 e. The third-order valence-electron chi connectivity index (χ3n) is 5.79. The molecule has 4 rings (SSSR count). The van der Waals surface area contributed by atoms with E-state index in [1.54, 1.807) is 58.1 Å². The first-order chi connectivity index (χ1) is 17.6. The lowest BCUT2D eigenvalue weighted by Crippen LogP contribution is -2.42. The zero-order valence-corrected chi connectivity index (χ0v) is 21.5. The van der Waals surface area contributed by atoms with Crippen molar-refractivity contribution in [3.05, 3.63) is 70.4 Å². The third-order valence-corrected chi connectivity index (χ3v) is 5.79. The molecule has 2 aromatic heterocycles. The molecular weight excluding hydrogens is 476 g/mol. The number of hydrogen-bond acceptors (Lipinski definition) is 7. The van der Waals surface area contributed by atoms with Gasteiger partial charge in [-0.3, -0.25) is 14.8 Å². The van der Waals surface area contributed by atoms with Crippen LogP contribution in [0.5, 0.6) is 0 Å². The smallest absolute Gasteiger partial charge is 0.411 e. The van der Waals surface area contributed by atoms with E-state index in [0.717, 1.165) is 24.1 Å².